The molecular formula is C14H25N3O3. The number of nitrogens with one attached hydrogen (secondary N) is 2. The fourth-order valence-electron chi connectivity index (χ4n) is 3.27. The number of aliphatic carboxylic acids is 1. The Hall–Kier alpha value is -1.30. The summed E-state index contributed by atoms with van der Waals surface area (Å²) in [6.45, 7) is 6.03. The minimum atomic E-state index is -0.883. The van der Waals surface area contributed by atoms with Crippen LogP contribution in [0.5, 0.6) is 0 Å². The summed E-state index contributed by atoms with van der Waals surface area (Å²) in [5.74, 6) is -0.782. The molecule has 0 radical (unpaired) electrons. The monoisotopic (exact) mass is 283 g/mol. The third kappa shape index (κ3) is 3.62. The summed E-state index contributed by atoms with van der Waals surface area (Å²) in [6.07, 6.45) is 3.31. The van der Waals surface area contributed by atoms with Crippen LogP contribution >= 0.6 is 0 Å². The Kier molecular flexibility index (Phi) is 4.86. The van der Waals surface area contributed by atoms with Gasteiger partial charge >= 0.3 is 12.0 Å². The third-order valence-corrected chi connectivity index (χ3v) is 4.44. The van der Waals surface area contributed by atoms with E-state index in [0.29, 0.717) is 6.04 Å². The third-order valence-electron chi connectivity index (χ3n) is 4.44. The Balaban J connectivity index is 1.83. The number of carboxylic acids is 1. The lowest BCUT2D eigenvalue weighted by Crippen LogP contribution is -2.51. The molecule has 6 nitrogen and oxygen atoms in total. The topological polar surface area (TPSA) is 81.7 Å². The maximum atomic E-state index is 12.1. The number of carbonyl (C=O) groups is 2. The smallest absolute Gasteiger partial charge is 0.315 e. The number of nitrogens with zero attached hydrogens (tertiary/aromatic N) is 1. The van der Waals surface area contributed by atoms with E-state index in [2.05, 4.69) is 15.5 Å². The van der Waals surface area contributed by atoms with E-state index in [1.54, 1.807) is 0 Å². The van der Waals surface area contributed by atoms with Gasteiger partial charge in [-0.05, 0) is 31.7 Å². The Bertz CT molecular complexity index is 373. The molecule has 0 aromatic carbocycles. The van der Waals surface area contributed by atoms with Crippen molar-refractivity contribution < 1.29 is 14.7 Å². The van der Waals surface area contributed by atoms with Gasteiger partial charge in [0, 0.05) is 24.7 Å². The summed E-state index contributed by atoms with van der Waals surface area (Å²) >= 11 is 0. The lowest BCUT2D eigenvalue weighted by atomic mass is 10.0. The molecule has 2 aliphatic heterocycles. The number of carboxylic acid groups (broad SMARTS) is 1. The predicted molar refractivity (Wildman–Crippen MR) is 75.5 cm³/mol. The molecule has 3 N–H and O–H groups in total. The van der Waals surface area contributed by atoms with Crippen LogP contribution in [0.2, 0.25) is 0 Å². The van der Waals surface area contributed by atoms with Crippen molar-refractivity contribution in [2.75, 3.05) is 13.1 Å². The van der Waals surface area contributed by atoms with Gasteiger partial charge in [-0.3, -0.25) is 9.69 Å². The molecule has 0 spiro atoms. The second kappa shape index (κ2) is 6.43. The highest BCUT2D eigenvalue weighted by Gasteiger charge is 2.38. The number of fused-ring (bicyclic) bond motifs is 1. The maximum Gasteiger partial charge on any atom is 0.315 e. The molecule has 0 aromatic rings. The summed E-state index contributed by atoms with van der Waals surface area (Å²) in [7, 11) is 0. The van der Waals surface area contributed by atoms with Crippen LogP contribution in [0, 0.1) is 5.92 Å². The standard InChI is InChI=1S/C14H25N3O3/c1-9(2)11(8-13(18)19)16-14(20)15-10-5-7-17-6-3-4-12(10)17/h9-12H,3-8H2,1-2H3,(H,18,19)(H2,15,16,20). The molecule has 6 heteroatoms. The quantitative estimate of drug-likeness (QED) is 0.703. The van der Waals surface area contributed by atoms with Crippen LogP contribution in [0.25, 0.3) is 0 Å². The fraction of sp³-hybridized carbons (Fsp3) is 0.857. The maximum absolute atomic E-state index is 12.1. The second-order valence-electron chi connectivity index (χ2n) is 6.21. The highest BCUT2D eigenvalue weighted by molar-refractivity contribution is 5.76. The first-order valence-corrected chi connectivity index (χ1v) is 7.50. The van der Waals surface area contributed by atoms with Gasteiger partial charge in [0.2, 0.25) is 0 Å². The summed E-state index contributed by atoms with van der Waals surface area (Å²) in [4.78, 5) is 25.3. The van der Waals surface area contributed by atoms with Gasteiger partial charge in [-0.25, -0.2) is 4.79 Å². The molecule has 2 fully saturated rings. The highest BCUT2D eigenvalue weighted by atomic mass is 16.4. The zero-order valence-corrected chi connectivity index (χ0v) is 12.3. The van der Waals surface area contributed by atoms with E-state index < -0.39 is 5.97 Å². The molecule has 2 rings (SSSR count). The van der Waals surface area contributed by atoms with Crippen molar-refractivity contribution >= 4 is 12.0 Å². The molecule has 3 unspecified atom stereocenters. The summed E-state index contributed by atoms with van der Waals surface area (Å²) in [5.41, 5.74) is 0. The first-order valence-electron chi connectivity index (χ1n) is 7.50. The summed E-state index contributed by atoms with van der Waals surface area (Å²) in [5, 5.41) is 14.7. The molecule has 2 aliphatic rings. The molecule has 20 heavy (non-hydrogen) atoms. The van der Waals surface area contributed by atoms with Crippen molar-refractivity contribution in [1.29, 1.82) is 0 Å². The van der Waals surface area contributed by atoms with E-state index in [-0.39, 0.29) is 30.5 Å². The van der Waals surface area contributed by atoms with Gasteiger partial charge < -0.3 is 15.7 Å². The van der Waals surface area contributed by atoms with Crippen LogP contribution in [0.3, 0.4) is 0 Å². The molecule has 0 aromatic heterocycles. The van der Waals surface area contributed by atoms with Crippen molar-refractivity contribution in [2.45, 2.75) is 57.7 Å². The van der Waals surface area contributed by atoms with Crippen LogP contribution < -0.4 is 10.6 Å². The second-order valence-corrected chi connectivity index (χ2v) is 6.21. The fourth-order valence-corrected chi connectivity index (χ4v) is 3.27. The van der Waals surface area contributed by atoms with Gasteiger partial charge in [0.25, 0.3) is 0 Å². The van der Waals surface area contributed by atoms with E-state index in [1.165, 1.54) is 6.42 Å². The van der Waals surface area contributed by atoms with E-state index in [1.807, 2.05) is 13.8 Å². The van der Waals surface area contributed by atoms with Crippen molar-refractivity contribution in [3.63, 3.8) is 0 Å². The normalized spacial score (nSPS) is 27.4. The number of urea groups is 1. The van der Waals surface area contributed by atoms with E-state index >= 15 is 0 Å². The van der Waals surface area contributed by atoms with Crippen molar-refractivity contribution in [1.82, 2.24) is 15.5 Å². The molecule has 0 bridgehead atoms. The van der Waals surface area contributed by atoms with Crippen LogP contribution in [0.15, 0.2) is 0 Å². The average Bonchev–Trinajstić information content (AvgIpc) is 2.92. The zero-order chi connectivity index (χ0) is 14.7. The van der Waals surface area contributed by atoms with Gasteiger partial charge in [-0.2, -0.15) is 0 Å². The summed E-state index contributed by atoms with van der Waals surface area (Å²) in [6, 6.07) is 0.116. The number of hydrogen-bond donors (Lipinski definition) is 3. The Morgan fingerprint density at radius 2 is 2.05 bits per heavy atom. The Morgan fingerprint density at radius 3 is 2.70 bits per heavy atom. The molecule has 0 saturated carbocycles. The molecule has 2 amide bonds. The first kappa shape index (κ1) is 15.1. The van der Waals surface area contributed by atoms with Gasteiger partial charge in [0.1, 0.15) is 0 Å². The predicted octanol–water partition coefficient (Wildman–Crippen LogP) is 1.02. The van der Waals surface area contributed by atoms with Crippen molar-refractivity contribution in [2.24, 2.45) is 5.92 Å². The van der Waals surface area contributed by atoms with Gasteiger partial charge in [-0.15, -0.1) is 0 Å². The van der Waals surface area contributed by atoms with Gasteiger partial charge in [-0.1, -0.05) is 13.8 Å². The van der Waals surface area contributed by atoms with Crippen molar-refractivity contribution in [3.05, 3.63) is 0 Å². The van der Waals surface area contributed by atoms with E-state index in [9.17, 15) is 9.59 Å². The number of carbonyl (C=O) groups excluding carboxylic acids is 1. The Morgan fingerprint density at radius 1 is 1.30 bits per heavy atom. The summed E-state index contributed by atoms with van der Waals surface area (Å²) < 4.78 is 0. The number of rotatable bonds is 5. The average molecular weight is 283 g/mol. The first-order chi connectivity index (χ1) is 9.47. The minimum absolute atomic E-state index is 0.0364. The highest BCUT2D eigenvalue weighted by Crippen LogP contribution is 2.27. The van der Waals surface area contributed by atoms with Crippen LogP contribution in [0.1, 0.15) is 39.5 Å². The SMILES string of the molecule is CC(C)C(CC(=O)O)NC(=O)NC1CCN2CCCC12. The molecule has 3 atom stereocenters. The zero-order valence-electron chi connectivity index (χ0n) is 12.3. The van der Waals surface area contributed by atoms with Crippen molar-refractivity contribution in [3.8, 4) is 0 Å². The lowest BCUT2D eigenvalue weighted by Gasteiger charge is -2.25. The molecule has 0 aliphatic carbocycles. The molecule has 114 valence electrons. The minimum Gasteiger partial charge on any atom is -0.481 e. The number of hydrogen-bond acceptors (Lipinski definition) is 3. The number of amides is 2. The van der Waals surface area contributed by atoms with Crippen LogP contribution in [-0.2, 0) is 4.79 Å². The van der Waals surface area contributed by atoms with Crippen LogP contribution in [-0.4, -0.2) is 53.2 Å². The molecule has 2 saturated heterocycles. The largest absolute Gasteiger partial charge is 0.481 e. The molecular weight excluding hydrogens is 258 g/mol. The van der Waals surface area contributed by atoms with Gasteiger partial charge in [0.05, 0.1) is 6.42 Å². The Labute approximate surface area is 119 Å². The van der Waals surface area contributed by atoms with E-state index in [0.717, 1.165) is 25.9 Å². The van der Waals surface area contributed by atoms with Crippen LogP contribution in [0.4, 0.5) is 4.79 Å². The van der Waals surface area contributed by atoms with Gasteiger partial charge in [0.15, 0.2) is 0 Å². The lowest BCUT2D eigenvalue weighted by molar-refractivity contribution is -0.137. The van der Waals surface area contributed by atoms with E-state index in [4.69, 9.17) is 5.11 Å². The molecule has 2 heterocycles.